The first-order valence-electron chi connectivity index (χ1n) is 11.1. The van der Waals surface area contributed by atoms with E-state index in [1.807, 2.05) is 39.3 Å². The minimum atomic E-state index is -2.52. The van der Waals surface area contributed by atoms with E-state index in [0.717, 1.165) is 38.5 Å². The van der Waals surface area contributed by atoms with Crippen molar-refractivity contribution in [3.8, 4) is 0 Å². The van der Waals surface area contributed by atoms with E-state index >= 15 is 0 Å². The summed E-state index contributed by atoms with van der Waals surface area (Å²) in [6.45, 7) is 20.4. The highest BCUT2D eigenvalue weighted by Gasteiger charge is 2.47. The standard InChI is InChI=1S/C19H45O6Si4/c1-10-13-16-20-27(4,5)23-19(26,24-28(6,7)21-17-14-11-2)25-29(8,9)22-18-15-12-3/h10-18H2,1-9H3. The molecule has 0 heterocycles. The van der Waals surface area contributed by atoms with E-state index in [1.165, 1.54) is 0 Å². The van der Waals surface area contributed by atoms with Crippen LogP contribution in [0.25, 0.3) is 0 Å². The molecule has 10 heteroatoms. The van der Waals surface area contributed by atoms with Crippen LogP contribution in [-0.4, -0.2) is 61.3 Å². The Bertz CT molecular complexity index is 375. The molecular weight excluding hydrogens is 437 g/mol. The van der Waals surface area contributed by atoms with Gasteiger partial charge in [-0.25, -0.2) is 0 Å². The van der Waals surface area contributed by atoms with Crippen LogP contribution in [0.2, 0.25) is 39.3 Å². The molecule has 0 aliphatic heterocycles. The molecule has 0 rings (SSSR count). The molecule has 0 atom stereocenters. The quantitative estimate of drug-likeness (QED) is 0.149. The van der Waals surface area contributed by atoms with Crippen LogP contribution in [0, 0.1) is 0 Å². The highest BCUT2D eigenvalue weighted by Crippen LogP contribution is 2.28. The molecule has 3 radical (unpaired) electrons. The minimum absolute atomic E-state index is 0.666. The SMILES string of the molecule is CCCCO[Si](C)(C)OC([Si])(O[Si](C)(C)OCCCC)O[Si](C)(C)OCCCC. The summed E-state index contributed by atoms with van der Waals surface area (Å²) in [5.41, 5.74) is -1.44. The Balaban J connectivity index is 5.33. The van der Waals surface area contributed by atoms with Crippen LogP contribution in [0.3, 0.4) is 0 Å². The van der Waals surface area contributed by atoms with Crippen molar-refractivity contribution < 1.29 is 26.6 Å². The van der Waals surface area contributed by atoms with E-state index in [-0.39, 0.29) is 0 Å². The largest absolute Gasteiger partial charge is 0.394 e. The molecule has 0 aromatic carbocycles. The number of hydrogen-bond donors (Lipinski definition) is 0. The van der Waals surface area contributed by atoms with E-state index in [0.29, 0.717) is 19.8 Å². The fourth-order valence-electron chi connectivity index (χ4n) is 2.51. The van der Waals surface area contributed by atoms with Gasteiger partial charge in [0.05, 0.1) is 0 Å². The maximum atomic E-state index is 6.35. The molecule has 0 fully saturated rings. The first kappa shape index (κ1) is 29.6. The van der Waals surface area contributed by atoms with E-state index in [9.17, 15) is 0 Å². The molecule has 0 aromatic heterocycles. The third-order valence-corrected chi connectivity index (χ3v) is 9.88. The van der Waals surface area contributed by atoms with Crippen LogP contribution < -0.4 is 0 Å². The molecule has 0 saturated heterocycles. The Hall–Kier alpha value is 0.628. The molecule has 0 aliphatic carbocycles. The normalized spacial score (nSPS) is 13.9. The topological polar surface area (TPSA) is 55.4 Å². The molecule has 0 spiro atoms. The summed E-state index contributed by atoms with van der Waals surface area (Å²) in [5.74, 6) is 0. The molecule has 0 bridgehead atoms. The van der Waals surface area contributed by atoms with Crippen LogP contribution in [-0.2, 0) is 26.6 Å². The van der Waals surface area contributed by atoms with Crippen molar-refractivity contribution in [1.29, 1.82) is 0 Å². The van der Waals surface area contributed by atoms with Gasteiger partial charge in [-0.3, -0.25) is 0 Å². The first-order valence-corrected chi connectivity index (χ1v) is 20.0. The Morgan fingerprint density at radius 3 is 1.00 bits per heavy atom. The van der Waals surface area contributed by atoms with Gasteiger partial charge in [0, 0.05) is 19.8 Å². The lowest BCUT2D eigenvalue weighted by Crippen LogP contribution is -2.60. The molecule has 0 N–H and O–H groups in total. The van der Waals surface area contributed by atoms with Gasteiger partial charge in [-0.05, 0) is 58.5 Å². The molecule has 6 nitrogen and oxygen atoms in total. The number of unbranched alkanes of at least 4 members (excludes halogenated alkanes) is 3. The average Bonchev–Trinajstić information content (AvgIpc) is 2.52. The van der Waals surface area contributed by atoms with Crippen molar-refractivity contribution >= 4 is 35.9 Å². The second-order valence-electron chi connectivity index (χ2n) is 8.67. The highest BCUT2D eigenvalue weighted by atomic mass is 28.4. The zero-order valence-corrected chi connectivity index (χ0v) is 24.3. The summed E-state index contributed by atoms with van der Waals surface area (Å²) in [5, 5.41) is 0. The van der Waals surface area contributed by atoms with Crippen molar-refractivity contribution in [3.63, 3.8) is 0 Å². The van der Waals surface area contributed by atoms with Crippen molar-refractivity contribution in [3.05, 3.63) is 0 Å². The molecule has 0 amide bonds. The van der Waals surface area contributed by atoms with E-state index in [2.05, 4.69) is 31.0 Å². The van der Waals surface area contributed by atoms with Crippen LogP contribution >= 0.6 is 0 Å². The van der Waals surface area contributed by atoms with Crippen molar-refractivity contribution in [2.24, 2.45) is 0 Å². The van der Waals surface area contributed by atoms with Gasteiger partial charge in [0.25, 0.3) is 0 Å². The van der Waals surface area contributed by atoms with Crippen LogP contribution in [0.15, 0.2) is 0 Å². The summed E-state index contributed by atoms with van der Waals surface area (Å²) in [6, 6.07) is 0. The third kappa shape index (κ3) is 15.1. The van der Waals surface area contributed by atoms with Gasteiger partial charge in [0.2, 0.25) is 5.60 Å². The zero-order valence-electron chi connectivity index (χ0n) is 20.3. The maximum Gasteiger partial charge on any atom is 0.335 e. The summed E-state index contributed by atoms with van der Waals surface area (Å²) in [6.07, 6.45) is 6.22. The smallest absolute Gasteiger partial charge is 0.335 e. The Kier molecular flexibility index (Phi) is 14.2. The van der Waals surface area contributed by atoms with Gasteiger partial charge in [-0.15, -0.1) is 0 Å². The fourth-order valence-corrected chi connectivity index (χ4v) is 9.25. The molecular formula is C19H45O6Si4. The predicted molar refractivity (Wildman–Crippen MR) is 127 cm³/mol. The van der Waals surface area contributed by atoms with E-state index in [1.54, 1.807) is 0 Å². The molecule has 0 unspecified atom stereocenters. The van der Waals surface area contributed by atoms with Crippen LogP contribution in [0.4, 0.5) is 0 Å². The highest BCUT2D eigenvalue weighted by molar-refractivity contribution is 6.68. The molecule has 173 valence electrons. The molecule has 0 aliphatic rings. The van der Waals surface area contributed by atoms with E-state index in [4.69, 9.17) is 26.6 Å². The average molecular weight is 482 g/mol. The minimum Gasteiger partial charge on any atom is -0.394 e. The van der Waals surface area contributed by atoms with Gasteiger partial charge >= 0.3 is 25.7 Å². The third-order valence-electron chi connectivity index (χ3n) is 3.98. The second-order valence-corrected chi connectivity index (χ2v) is 19.2. The summed E-state index contributed by atoms with van der Waals surface area (Å²) >= 11 is 0. The lowest BCUT2D eigenvalue weighted by Gasteiger charge is -2.44. The maximum absolute atomic E-state index is 6.35. The first-order chi connectivity index (χ1) is 13.3. The second kappa shape index (κ2) is 13.9. The predicted octanol–water partition coefficient (Wildman–Crippen LogP) is 5.37. The van der Waals surface area contributed by atoms with Crippen molar-refractivity contribution in [2.75, 3.05) is 19.8 Å². The monoisotopic (exact) mass is 481 g/mol. The summed E-state index contributed by atoms with van der Waals surface area (Å²) in [4.78, 5) is 0. The molecule has 29 heavy (non-hydrogen) atoms. The lowest BCUT2D eigenvalue weighted by atomic mass is 10.4. The molecule has 0 saturated carbocycles. The fraction of sp³-hybridized carbons (Fsp3) is 1.00. The van der Waals surface area contributed by atoms with E-state index < -0.39 is 31.3 Å². The van der Waals surface area contributed by atoms with Gasteiger partial charge in [0.1, 0.15) is 0 Å². The van der Waals surface area contributed by atoms with Gasteiger partial charge < -0.3 is 26.6 Å². The van der Waals surface area contributed by atoms with Crippen molar-refractivity contribution in [2.45, 2.75) is 104 Å². The van der Waals surface area contributed by atoms with Crippen LogP contribution in [0.5, 0.6) is 0 Å². The summed E-state index contributed by atoms with van der Waals surface area (Å²) in [7, 11) is -3.87. The Morgan fingerprint density at radius 2 is 0.793 bits per heavy atom. The summed E-state index contributed by atoms with van der Waals surface area (Å²) < 4.78 is 37.3. The van der Waals surface area contributed by atoms with Gasteiger partial charge in [-0.2, -0.15) is 0 Å². The Labute approximate surface area is 186 Å². The molecule has 0 aromatic rings. The lowest BCUT2D eigenvalue weighted by molar-refractivity contribution is -0.225. The van der Waals surface area contributed by atoms with Gasteiger partial charge in [0.15, 0.2) is 10.2 Å². The van der Waals surface area contributed by atoms with Crippen LogP contribution in [0.1, 0.15) is 59.3 Å². The number of rotatable bonds is 18. The van der Waals surface area contributed by atoms with Gasteiger partial charge in [-0.1, -0.05) is 40.0 Å². The number of hydrogen-bond acceptors (Lipinski definition) is 6. The Morgan fingerprint density at radius 1 is 0.552 bits per heavy atom. The zero-order chi connectivity index (χ0) is 22.6. The van der Waals surface area contributed by atoms with Crippen molar-refractivity contribution in [1.82, 2.24) is 0 Å².